The number of nitro benzene ring substituents is 1. The zero-order valence-electron chi connectivity index (χ0n) is 11.5. The van der Waals surface area contributed by atoms with E-state index in [9.17, 15) is 14.9 Å². The van der Waals surface area contributed by atoms with E-state index >= 15 is 0 Å². The number of nitro groups is 1. The molecule has 0 spiro atoms. The van der Waals surface area contributed by atoms with Crippen LogP contribution < -0.4 is 5.32 Å². The van der Waals surface area contributed by atoms with E-state index in [2.05, 4.69) is 10.2 Å². The number of carbonyl (C=O) groups is 1. The Balaban J connectivity index is 1.96. The quantitative estimate of drug-likeness (QED) is 0.669. The van der Waals surface area contributed by atoms with Crippen molar-refractivity contribution in [3.63, 3.8) is 0 Å². The average molecular weight is 277 g/mol. The summed E-state index contributed by atoms with van der Waals surface area (Å²) in [5.74, 6) is 0.164. The Morgan fingerprint density at radius 3 is 2.65 bits per heavy atom. The molecule has 2 rings (SSSR count). The third-order valence-corrected chi connectivity index (χ3v) is 3.79. The number of likely N-dealkylation sites (tertiary alicyclic amines) is 1. The van der Waals surface area contributed by atoms with E-state index in [1.807, 2.05) is 6.07 Å². The molecule has 0 radical (unpaired) electrons. The first kappa shape index (κ1) is 14.5. The van der Waals surface area contributed by atoms with E-state index in [4.69, 9.17) is 0 Å². The number of hydrogen-bond donors (Lipinski definition) is 1. The van der Waals surface area contributed by atoms with Gasteiger partial charge in [0, 0.05) is 31.1 Å². The normalized spacial score (nSPS) is 16.9. The van der Waals surface area contributed by atoms with Gasteiger partial charge in [-0.1, -0.05) is 18.2 Å². The maximum Gasteiger partial charge on any atom is 0.273 e. The number of para-hydroxylation sites is 1. The van der Waals surface area contributed by atoms with E-state index in [0.717, 1.165) is 31.5 Å². The van der Waals surface area contributed by atoms with Gasteiger partial charge in [-0.2, -0.15) is 0 Å². The second-order valence-electron chi connectivity index (χ2n) is 5.05. The zero-order valence-corrected chi connectivity index (χ0v) is 11.5. The lowest BCUT2D eigenvalue weighted by molar-refractivity contribution is -0.385. The summed E-state index contributed by atoms with van der Waals surface area (Å²) < 4.78 is 0. The largest absolute Gasteiger partial charge is 0.359 e. The summed E-state index contributed by atoms with van der Waals surface area (Å²) in [6.45, 7) is 2.16. The highest BCUT2D eigenvalue weighted by Crippen LogP contribution is 2.23. The van der Waals surface area contributed by atoms with Crippen molar-refractivity contribution >= 4 is 11.6 Å². The van der Waals surface area contributed by atoms with Crippen LogP contribution in [0, 0.1) is 16.0 Å². The molecule has 1 heterocycles. The minimum absolute atomic E-state index is 0.0713. The Hall–Kier alpha value is -1.95. The first-order valence-corrected chi connectivity index (χ1v) is 6.78. The molecule has 20 heavy (non-hydrogen) atoms. The summed E-state index contributed by atoms with van der Waals surface area (Å²) in [5.41, 5.74) is 0.900. The molecule has 1 aromatic carbocycles. The summed E-state index contributed by atoms with van der Waals surface area (Å²) in [7, 11) is 1.65. The molecule has 1 aliphatic rings. The summed E-state index contributed by atoms with van der Waals surface area (Å²) in [4.78, 5) is 24.4. The molecule has 0 saturated carbocycles. The lowest BCUT2D eigenvalue weighted by atomic mass is 9.95. The topological polar surface area (TPSA) is 75.5 Å². The van der Waals surface area contributed by atoms with Crippen LogP contribution in [0.1, 0.15) is 18.4 Å². The highest BCUT2D eigenvalue weighted by Gasteiger charge is 2.25. The molecule has 0 atom stereocenters. The molecule has 6 nitrogen and oxygen atoms in total. The van der Waals surface area contributed by atoms with Crippen LogP contribution in [0.15, 0.2) is 24.3 Å². The molecule has 6 heteroatoms. The predicted molar refractivity (Wildman–Crippen MR) is 75.2 cm³/mol. The third kappa shape index (κ3) is 3.33. The number of amides is 1. The molecule has 0 aliphatic carbocycles. The van der Waals surface area contributed by atoms with Crippen molar-refractivity contribution in [2.45, 2.75) is 19.4 Å². The number of benzene rings is 1. The van der Waals surface area contributed by atoms with Gasteiger partial charge in [-0.25, -0.2) is 0 Å². The number of rotatable bonds is 4. The van der Waals surface area contributed by atoms with Crippen molar-refractivity contribution in [2.24, 2.45) is 5.92 Å². The van der Waals surface area contributed by atoms with E-state index in [1.54, 1.807) is 19.2 Å². The van der Waals surface area contributed by atoms with Crippen LogP contribution in [0.4, 0.5) is 5.69 Å². The van der Waals surface area contributed by atoms with Crippen molar-refractivity contribution in [2.75, 3.05) is 20.1 Å². The standard InChI is InChI=1S/C14H19N3O3/c1-15-14(18)11-6-8-16(9-7-11)10-12-4-2-3-5-13(12)17(19)20/h2-5,11H,6-10H2,1H3,(H,15,18). The summed E-state index contributed by atoms with van der Waals surface area (Å²) >= 11 is 0. The Bertz CT molecular complexity index is 496. The highest BCUT2D eigenvalue weighted by molar-refractivity contribution is 5.78. The lowest BCUT2D eigenvalue weighted by Gasteiger charge is -2.30. The van der Waals surface area contributed by atoms with Gasteiger partial charge in [-0.05, 0) is 25.9 Å². The molecule has 1 N–H and O–H groups in total. The second-order valence-corrected chi connectivity index (χ2v) is 5.05. The van der Waals surface area contributed by atoms with Gasteiger partial charge in [0.2, 0.25) is 5.91 Å². The van der Waals surface area contributed by atoms with E-state index in [0.29, 0.717) is 6.54 Å². The molecule has 1 saturated heterocycles. The molecule has 0 bridgehead atoms. The molecular weight excluding hydrogens is 258 g/mol. The predicted octanol–water partition coefficient (Wildman–Crippen LogP) is 1.55. The van der Waals surface area contributed by atoms with Crippen molar-refractivity contribution in [3.8, 4) is 0 Å². The van der Waals surface area contributed by atoms with Gasteiger partial charge >= 0.3 is 0 Å². The first-order chi connectivity index (χ1) is 9.61. The summed E-state index contributed by atoms with van der Waals surface area (Å²) in [5, 5.41) is 13.7. The molecule has 0 aromatic heterocycles. The van der Waals surface area contributed by atoms with E-state index in [-0.39, 0.29) is 22.4 Å². The maximum atomic E-state index is 11.6. The minimum atomic E-state index is -0.341. The van der Waals surface area contributed by atoms with Crippen molar-refractivity contribution in [1.29, 1.82) is 0 Å². The van der Waals surface area contributed by atoms with Gasteiger partial charge in [0.15, 0.2) is 0 Å². The molecule has 1 aromatic rings. The zero-order chi connectivity index (χ0) is 14.5. The molecule has 1 aliphatic heterocycles. The maximum absolute atomic E-state index is 11.6. The van der Waals surface area contributed by atoms with Crippen LogP contribution >= 0.6 is 0 Å². The molecule has 1 fully saturated rings. The monoisotopic (exact) mass is 277 g/mol. The number of piperidine rings is 1. The van der Waals surface area contributed by atoms with Crippen LogP contribution in [-0.2, 0) is 11.3 Å². The lowest BCUT2D eigenvalue weighted by Crippen LogP contribution is -2.39. The van der Waals surface area contributed by atoms with E-state index < -0.39 is 0 Å². The van der Waals surface area contributed by atoms with Crippen LogP contribution in [-0.4, -0.2) is 35.9 Å². The van der Waals surface area contributed by atoms with Gasteiger partial charge in [0.1, 0.15) is 0 Å². The fourth-order valence-corrected chi connectivity index (χ4v) is 2.62. The Morgan fingerprint density at radius 2 is 2.05 bits per heavy atom. The summed E-state index contributed by atoms with van der Waals surface area (Å²) in [6, 6.07) is 6.83. The number of carbonyl (C=O) groups excluding carboxylic acids is 1. The van der Waals surface area contributed by atoms with Gasteiger partial charge in [0.05, 0.1) is 4.92 Å². The Labute approximate surface area is 117 Å². The van der Waals surface area contributed by atoms with Crippen molar-refractivity contribution in [1.82, 2.24) is 10.2 Å². The Kier molecular flexibility index (Phi) is 4.68. The molecule has 108 valence electrons. The van der Waals surface area contributed by atoms with Crippen molar-refractivity contribution < 1.29 is 9.72 Å². The fourth-order valence-electron chi connectivity index (χ4n) is 2.62. The third-order valence-electron chi connectivity index (χ3n) is 3.79. The van der Waals surface area contributed by atoms with Gasteiger partial charge in [-0.15, -0.1) is 0 Å². The summed E-state index contributed by atoms with van der Waals surface area (Å²) in [6.07, 6.45) is 1.61. The highest BCUT2D eigenvalue weighted by atomic mass is 16.6. The SMILES string of the molecule is CNC(=O)C1CCN(Cc2ccccc2[N+](=O)[O-])CC1. The second kappa shape index (κ2) is 6.47. The van der Waals surface area contributed by atoms with Crippen LogP contribution in [0.25, 0.3) is 0 Å². The first-order valence-electron chi connectivity index (χ1n) is 6.78. The number of hydrogen-bond acceptors (Lipinski definition) is 4. The van der Waals surface area contributed by atoms with E-state index in [1.165, 1.54) is 6.07 Å². The van der Waals surface area contributed by atoms with Crippen molar-refractivity contribution in [3.05, 3.63) is 39.9 Å². The van der Waals surface area contributed by atoms with Gasteiger partial charge in [0.25, 0.3) is 5.69 Å². The van der Waals surface area contributed by atoms with Crippen LogP contribution in [0.5, 0.6) is 0 Å². The fraction of sp³-hybridized carbons (Fsp3) is 0.500. The van der Waals surface area contributed by atoms with Crippen LogP contribution in [0.2, 0.25) is 0 Å². The molecule has 0 unspecified atom stereocenters. The Morgan fingerprint density at radius 1 is 1.40 bits per heavy atom. The van der Waals surface area contributed by atoms with Crippen LogP contribution in [0.3, 0.4) is 0 Å². The van der Waals surface area contributed by atoms with Gasteiger partial charge < -0.3 is 5.32 Å². The number of nitrogens with one attached hydrogen (secondary N) is 1. The average Bonchev–Trinajstić information content (AvgIpc) is 2.47. The minimum Gasteiger partial charge on any atom is -0.359 e. The van der Waals surface area contributed by atoms with Gasteiger partial charge in [-0.3, -0.25) is 19.8 Å². The smallest absolute Gasteiger partial charge is 0.273 e. The number of nitrogens with zero attached hydrogens (tertiary/aromatic N) is 2. The molecule has 1 amide bonds. The molecular formula is C14H19N3O3.